The molecule has 0 bridgehead atoms. The Morgan fingerprint density at radius 2 is 2.07 bits per heavy atom. The number of hydrogen-bond donors (Lipinski definition) is 1. The molecule has 7 heteroatoms. The van der Waals surface area contributed by atoms with Crippen molar-refractivity contribution in [1.29, 1.82) is 0 Å². The van der Waals surface area contributed by atoms with Gasteiger partial charge in [0.05, 0.1) is 17.7 Å². The number of aromatic nitrogens is 1. The number of fused-ring (bicyclic) bond motifs is 1. The third kappa shape index (κ3) is 3.89. The standard InChI is InChI=1S/C21H17FN2O3S/c1-13-18-8-15(22)4-7-19(18)27-20(13)9-23-21(25)14-2-5-17(6-3-14)26-10-16-11-28-12-24-16/h2-8,11-12H,9-10H2,1H3,(H,23,25). The van der Waals surface area contributed by atoms with Gasteiger partial charge in [-0.2, -0.15) is 0 Å². The smallest absolute Gasteiger partial charge is 0.251 e. The molecule has 2 aromatic heterocycles. The number of carbonyl (C=O) groups excluding carboxylic acids is 1. The van der Waals surface area contributed by atoms with Gasteiger partial charge in [0.2, 0.25) is 0 Å². The molecule has 0 aliphatic heterocycles. The number of amides is 1. The molecule has 0 saturated heterocycles. The molecule has 0 radical (unpaired) electrons. The van der Waals surface area contributed by atoms with Gasteiger partial charge < -0.3 is 14.5 Å². The van der Waals surface area contributed by atoms with Gasteiger partial charge in [-0.05, 0) is 49.4 Å². The molecule has 4 aromatic rings. The van der Waals surface area contributed by atoms with E-state index in [2.05, 4.69) is 10.3 Å². The number of nitrogens with zero attached hydrogens (tertiary/aromatic N) is 1. The molecule has 4 rings (SSSR count). The lowest BCUT2D eigenvalue weighted by Crippen LogP contribution is -2.22. The van der Waals surface area contributed by atoms with Crippen molar-refractivity contribution in [1.82, 2.24) is 10.3 Å². The van der Waals surface area contributed by atoms with Crippen LogP contribution in [0.4, 0.5) is 4.39 Å². The minimum absolute atomic E-state index is 0.225. The number of furan rings is 1. The van der Waals surface area contributed by atoms with E-state index in [0.29, 0.717) is 34.6 Å². The molecular weight excluding hydrogens is 379 g/mol. The van der Waals surface area contributed by atoms with Crippen molar-refractivity contribution in [3.05, 3.63) is 81.8 Å². The fourth-order valence-corrected chi connectivity index (χ4v) is 3.39. The number of aryl methyl sites for hydroxylation is 1. The predicted molar refractivity (Wildman–Crippen MR) is 105 cm³/mol. The van der Waals surface area contributed by atoms with Crippen LogP contribution < -0.4 is 10.1 Å². The number of benzene rings is 2. The Kier molecular flexibility index (Phi) is 5.08. The van der Waals surface area contributed by atoms with Gasteiger partial charge in [-0.25, -0.2) is 9.37 Å². The molecule has 0 aliphatic carbocycles. The first-order chi connectivity index (χ1) is 13.6. The molecule has 1 amide bonds. The zero-order chi connectivity index (χ0) is 19.5. The van der Waals surface area contributed by atoms with Crippen LogP contribution in [0, 0.1) is 12.7 Å². The first-order valence-electron chi connectivity index (χ1n) is 8.66. The van der Waals surface area contributed by atoms with E-state index in [0.717, 1.165) is 11.3 Å². The van der Waals surface area contributed by atoms with Crippen LogP contribution >= 0.6 is 11.3 Å². The summed E-state index contributed by atoms with van der Waals surface area (Å²) in [6.07, 6.45) is 0. The molecule has 2 aromatic carbocycles. The van der Waals surface area contributed by atoms with Crippen LogP contribution in [0.5, 0.6) is 5.75 Å². The van der Waals surface area contributed by atoms with Crippen LogP contribution in [-0.2, 0) is 13.2 Å². The predicted octanol–water partition coefficient (Wildman–Crippen LogP) is 4.85. The van der Waals surface area contributed by atoms with Gasteiger partial charge >= 0.3 is 0 Å². The summed E-state index contributed by atoms with van der Waals surface area (Å²) >= 11 is 1.52. The van der Waals surface area contributed by atoms with E-state index in [1.807, 2.05) is 12.3 Å². The maximum absolute atomic E-state index is 13.4. The number of thiazole rings is 1. The Hall–Kier alpha value is -3.19. The molecule has 0 unspecified atom stereocenters. The normalized spacial score (nSPS) is 10.9. The fraction of sp³-hybridized carbons (Fsp3) is 0.143. The highest BCUT2D eigenvalue weighted by atomic mass is 32.1. The highest BCUT2D eigenvalue weighted by Crippen LogP contribution is 2.26. The third-order valence-electron chi connectivity index (χ3n) is 4.39. The number of hydrogen-bond acceptors (Lipinski definition) is 5. The molecule has 28 heavy (non-hydrogen) atoms. The summed E-state index contributed by atoms with van der Waals surface area (Å²) in [5.41, 5.74) is 4.56. The van der Waals surface area contributed by atoms with E-state index in [1.165, 1.54) is 23.5 Å². The summed E-state index contributed by atoms with van der Waals surface area (Å²) in [6, 6.07) is 11.3. The zero-order valence-corrected chi connectivity index (χ0v) is 15.9. The topological polar surface area (TPSA) is 64.4 Å². The van der Waals surface area contributed by atoms with Gasteiger partial charge in [0, 0.05) is 21.9 Å². The first-order valence-corrected chi connectivity index (χ1v) is 9.60. The maximum Gasteiger partial charge on any atom is 0.251 e. The van der Waals surface area contributed by atoms with E-state index in [-0.39, 0.29) is 18.3 Å². The van der Waals surface area contributed by atoms with Crippen LogP contribution in [0.2, 0.25) is 0 Å². The Morgan fingerprint density at radius 1 is 1.25 bits per heavy atom. The van der Waals surface area contributed by atoms with Crippen LogP contribution in [0.1, 0.15) is 27.4 Å². The van der Waals surface area contributed by atoms with E-state index >= 15 is 0 Å². The fourth-order valence-electron chi connectivity index (χ4n) is 2.84. The molecule has 0 saturated carbocycles. The van der Waals surface area contributed by atoms with Crippen LogP contribution in [-0.4, -0.2) is 10.9 Å². The van der Waals surface area contributed by atoms with Crippen LogP contribution in [0.15, 0.2) is 57.8 Å². The molecule has 142 valence electrons. The molecule has 2 heterocycles. The molecular formula is C21H17FN2O3S. The van der Waals surface area contributed by atoms with Gasteiger partial charge in [0.15, 0.2) is 0 Å². The Bertz CT molecular complexity index is 1100. The van der Waals surface area contributed by atoms with Crippen LogP contribution in [0.25, 0.3) is 11.0 Å². The summed E-state index contributed by atoms with van der Waals surface area (Å²) < 4.78 is 24.8. The summed E-state index contributed by atoms with van der Waals surface area (Å²) in [4.78, 5) is 16.5. The van der Waals surface area contributed by atoms with Crippen molar-refractivity contribution in [3.8, 4) is 5.75 Å². The molecule has 0 atom stereocenters. The van der Waals surface area contributed by atoms with Crippen molar-refractivity contribution < 1.29 is 18.3 Å². The van der Waals surface area contributed by atoms with Crippen molar-refractivity contribution in [2.75, 3.05) is 0 Å². The molecule has 0 spiro atoms. The van der Waals surface area contributed by atoms with E-state index in [9.17, 15) is 9.18 Å². The van der Waals surface area contributed by atoms with Gasteiger partial charge in [0.25, 0.3) is 5.91 Å². The Morgan fingerprint density at radius 3 is 2.82 bits per heavy atom. The van der Waals surface area contributed by atoms with Gasteiger partial charge in [0.1, 0.15) is 29.5 Å². The van der Waals surface area contributed by atoms with Crippen molar-refractivity contribution >= 4 is 28.2 Å². The maximum atomic E-state index is 13.4. The SMILES string of the molecule is Cc1c(CNC(=O)c2ccc(OCc3cscn3)cc2)oc2ccc(F)cc12. The average Bonchev–Trinajstić information content (AvgIpc) is 3.33. The minimum atomic E-state index is -0.316. The van der Waals surface area contributed by atoms with E-state index < -0.39 is 0 Å². The lowest BCUT2D eigenvalue weighted by atomic mass is 10.1. The summed E-state index contributed by atoms with van der Waals surface area (Å²) in [5.74, 6) is 0.734. The first kappa shape index (κ1) is 18.2. The average molecular weight is 396 g/mol. The summed E-state index contributed by atoms with van der Waals surface area (Å²) in [7, 11) is 0. The van der Waals surface area contributed by atoms with E-state index in [1.54, 1.807) is 35.8 Å². The second-order valence-corrected chi connectivity index (χ2v) is 6.98. The zero-order valence-electron chi connectivity index (χ0n) is 15.1. The summed E-state index contributed by atoms with van der Waals surface area (Å²) in [6.45, 7) is 2.46. The van der Waals surface area contributed by atoms with Crippen molar-refractivity contribution in [2.45, 2.75) is 20.1 Å². The highest BCUT2D eigenvalue weighted by Gasteiger charge is 2.13. The minimum Gasteiger partial charge on any atom is -0.487 e. The molecule has 1 N–H and O–H groups in total. The second kappa shape index (κ2) is 7.82. The Labute approximate surface area is 164 Å². The van der Waals surface area contributed by atoms with Crippen molar-refractivity contribution in [3.63, 3.8) is 0 Å². The largest absolute Gasteiger partial charge is 0.487 e. The highest BCUT2D eigenvalue weighted by molar-refractivity contribution is 7.07. The lowest BCUT2D eigenvalue weighted by molar-refractivity contribution is 0.0948. The van der Waals surface area contributed by atoms with Gasteiger partial charge in [-0.3, -0.25) is 4.79 Å². The quantitative estimate of drug-likeness (QED) is 0.506. The van der Waals surface area contributed by atoms with Crippen molar-refractivity contribution in [2.24, 2.45) is 0 Å². The number of carbonyl (C=O) groups is 1. The molecule has 5 nitrogen and oxygen atoms in total. The summed E-state index contributed by atoms with van der Waals surface area (Å²) in [5, 5.41) is 5.47. The van der Waals surface area contributed by atoms with Crippen LogP contribution in [0.3, 0.4) is 0 Å². The van der Waals surface area contributed by atoms with Gasteiger partial charge in [-0.15, -0.1) is 11.3 Å². The van der Waals surface area contributed by atoms with Gasteiger partial charge in [-0.1, -0.05) is 0 Å². The van der Waals surface area contributed by atoms with E-state index in [4.69, 9.17) is 9.15 Å². The number of ether oxygens (including phenoxy) is 1. The lowest BCUT2D eigenvalue weighted by Gasteiger charge is -2.07. The number of nitrogens with one attached hydrogen (secondary N) is 1. The second-order valence-electron chi connectivity index (χ2n) is 6.27. The number of rotatable bonds is 6. The molecule has 0 aliphatic rings. The molecule has 0 fully saturated rings. The number of halogens is 1. The Balaban J connectivity index is 1.38. The monoisotopic (exact) mass is 396 g/mol. The third-order valence-corrected chi connectivity index (χ3v) is 5.03.